The Balaban J connectivity index is 1.69. The lowest BCUT2D eigenvalue weighted by Crippen LogP contribution is -2.20. The van der Waals surface area contributed by atoms with Crippen LogP contribution >= 0.6 is 0 Å². The molecule has 0 aliphatic rings. The number of rotatable bonds is 10. The van der Waals surface area contributed by atoms with E-state index in [0.29, 0.717) is 47.4 Å². The second-order valence-electron chi connectivity index (χ2n) is 8.19. The zero-order chi connectivity index (χ0) is 25.7. The summed E-state index contributed by atoms with van der Waals surface area (Å²) in [6.07, 6.45) is 4.41. The number of methoxy groups -OCH3 is 1. The highest BCUT2D eigenvalue weighted by atomic mass is 19.1. The second-order valence-corrected chi connectivity index (χ2v) is 8.19. The molecule has 36 heavy (non-hydrogen) atoms. The van der Waals surface area contributed by atoms with Crippen molar-refractivity contribution in [2.24, 2.45) is 0 Å². The Hall–Kier alpha value is -4.44. The Morgan fingerprint density at radius 1 is 1.19 bits per heavy atom. The summed E-state index contributed by atoms with van der Waals surface area (Å²) < 4.78 is 26.9. The van der Waals surface area contributed by atoms with Gasteiger partial charge in [0.05, 0.1) is 30.2 Å². The van der Waals surface area contributed by atoms with E-state index >= 15 is 0 Å². The van der Waals surface area contributed by atoms with Gasteiger partial charge in [-0.2, -0.15) is 5.10 Å². The smallest absolute Gasteiger partial charge is 0.247 e. The van der Waals surface area contributed by atoms with Gasteiger partial charge in [-0.05, 0) is 43.9 Å². The van der Waals surface area contributed by atoms with E-state index < -0.39 is 0 Å². The molecule has 0 unspecified atom stereocenters. The minimum Gasteiger partial charge on any atom is -0.494 e. The minimum absolute atomic E-state index is 0.328. The zero-order valence-corrected chi connectivity index (χ0v) is 20.3. The topological polar surface area (TPSA) is 93.0 Å². The lowest BCUT2D eigenvalue weighted by Gasteiger charge is -2.18. The molecule has 9 nitrogen and oxygen atoms in total. The summed E-state index contributed by atoms with van der Waals surface area (Å²) in [4.78, 5) is 18.5. The van der Waals surface area contributed by atoms with Crippen molar-refractivity contribution in [3.63, 3.8) is 0 Å². The Morgan fingerprint density at radius 3 is 2.75 bits per heavy atom. The van der Waals surface area contributed by atoms with Gasteiger partial charge in [-0.25, -0.2) is 13.9 Å². The van der Waals surface area contributed by atoms with E-state index in [1.807, 2.05) is 25.1 Å². The van der Waals surface area contributed by atoms with Crippen molar-refractivity contribution in [3.05, 3.63) is 73.5 Å². The Bertz CT molecular complexity index is 1400. The fraction of sp³-hybridized carbons (Fsp3) is 0.192. The largest absolute Gasteiger partial charge is 0.494 e. The predicted octanol–water partition coefficient (Wildman–Crippen LogP) is 4.35. The normalized spacial score (nSPS) is 10.9. The van der Waals surface area contributed by atoms with Crippen LogP contribution in [0.1, 0.15) is 0 Å². The van der Waals surface area contributed by atoms with Gasteiger partial charge in [0, 0.05) is 24.2 Å². The van der Waals surface area contributed by atoms with Crippen LogP contribution in [0.3, 0.4) is 0 Å². The fourth-order valence-corrected chi connectivity index (χ4v) is 3.54. The fourth-order valence-electron chi connectivity index (χ4n) is 3.54. The van der Waals surface area contributed by atoms with Crippen molar-refractivity contribution >= 4 is 28.6 Å². The second kappa shape index (κ2) is 10.9. The van der Waals surface area contributed by atoms with E-state index in [4.69, 9.17) is 9.47 Å². The summed E-state index contributed by atoms with van der Waals surface area (Å²) in [5.41, 5.74) is 3.21. The summed E-state index contributed by atoms with van der Waals surface area (Å²) in [5.74, 6) is 0.753. The van der Waals surface area contributed by atoms with Gasteiger partial charge in [0.2, 0.25) is 5.91 Å². The highest BCUT2D eigenvalue weighted by Crippen LogP contribution is 2.38. The van der Waals surface area contributed by atoms with E-state index in [1.54, 1.807) is 48.4 Å². The van der Waals surface area contributed by atoms with E-state index in [-0.39, 0.29) is 11.7 Å². The molecular formula is C26H27FN6O3. The Labute approximate surface area is 208 Å². The zero-order valence-electron chi connectivity index (χ0n) is 20.3. The third kappa shape index (κ3) is 5.61. The number of carbonyl (C=O) groups is 1. The van der Waals surface area contributed by atoms with Gasteiger partial charge in [-0.3, -0.25) is 4.79 Å². The van der Waals surface area contributed by atoms with Gasteiger partial charge < -0.3 is 25.0 Å². The molecule has 186 valence electrons. The average molecular weight is 491 g/mol. The summed E-state index contributed by atoms with van der Waals surface area (Å²) >= 11 is 0. The van der Waals surface area contributed by atoms with E-state index in [9.17, 15) is 9.18 Å². The summed E-state index contributed by atoms with van der Waals surface area (Å²) in [5, 5.41) is 10.3. The highest BCUT2D eigenvalue weighted by Gasteiger charge is 2.15. The number of likely N-dealkylation sites (N-methyl/N-ethyl adjacent to an activating group) is 1. The molecule has 1 amide bonds. The van der Waals surface area contributed by atoms with Crippen LogP contribution < -0.4 is 20.1 Å². The van der Waals surface area contributed by atoms with Crippen LogP contribution in [0.4, 0.5) is 21.6 Å². The Morgan fingerprint density at radius 2 is 2.03 bits per heavy atom. The minimum atomic E-state index is -0.373. The molecule has 4 aromatic rings. The number of aromatic nitrogens is 3. The number of nitrogens with zero attached hydrogens (tertiary/aromatic N) is 4. The van der Waals surface area contributed by atoms with Crippen LogP contribution in [0, 0.1) is 5.82 Å². The molecule has 0 aliphatic carbocycles. The molecule has 0 saturated heterocycles. The highest BCUT2D eigenvalue weighted by molar-refractivity contribution is 6.00. The molecule has 4 rings (SSSR count). The quantitative estimate of drug-likeness (QED) is 0.319. The lowest BCUT2D eigenvalue weighted by atomic mass is 10.1. The number of fused-ring (bicyclic) bond motifs is 1. The number of hydrogen-bond donors (Lipinski definition) is 2. The molecule has 0 bridgehead atoms. The third-order valence-corrected chi connectivity index (χ3v) is 5.35. The van der Waals surface area contributed by atoms with Crippen LogP contribution in [0.2, 0.25) is 0 Å². The molecular weight excluding hydrogens is 463 g/mol. The molecule has 0 spiro atoms. The van der Waals surface area contributed by atoms with Crippen LogP contribution in [-0.2, 0) is 4.79 Å². The first-order chi connectivity index (χ1) is 17.4. The number of amides is 1. The first-order valence-electron chi connectivity index (χ1n) is 11.2. The van der Waals surface area contributed by atoms with Crippen molar-refractivity contribution in [1.82, 2.24) is 19.5 Å². The molecule has 0 aliphatic heterocycles. The number of nitrogens with one attached hydrogen (secondary N) is 2. The maximum absolute atomic E-state index is 13.8. The first-order valence-corrected chi connectivity index (χ1v) is 11.2. The maximum Gasteiger partial charge on any atom is 0.247 e. The van der Waals surface area contributed by atoms with Crippen LogP contribution in [0.15, 0.2) is 67.6 Å². The van der Waals surface area contributed by atoms with E-state index in [0.717, 1.165) is 11.1 Å². The van der Waals surface area contributed by atoms with Crippen LogP contribution in [0.25, 0.3) is 16.6 Å². The Kier molecular flexibility index (Phi) is 7.45. The van der Waals surface area contributed by atoms with Crippen molar-refractivity contribution in [3.8, 4) is 22.6 Å². The van der Waals surface area contributed by atoms with Crippen molar-refractivity contribution < 1.29 is 18.7 Å². The first kappa shape index (κ1) is 24.7. The van der Waals surface area contributed by atoms with Gasteiger partial charge in [0.1, 0.15) is 36.1 Å². The van der Waals surface area contributed by atoms with E-state index in [2.05, 4.69) is 27.3 Å². The molecule has 0 saturated carbocycles. The van der Waals surface area contributed by atoms with Crippen molar-refractivity contribution in [2.75, 3.05) is 45.0 Å². The summed E-state index contributed by atoms with van der Waals surface area (Å²) in [6.45, 7) is 4.63. The monoisotopic (exact) mass is 490 g/mol. The number of benzene rings is 2. The standard InChI is InChI=1S/C26H27FN6O3/c1-5-26(34)31-21-12-20(23(35-4)14-24(21)36-10-9-32(2)3)30-25-13-22-19(15-29-33(22)16-28-25)17-7-6-8-18(27)11-17/h5-8,11-16,30H,1,9-10H2,2-4H3,(H,31,34). The van der Waals surface area contributed by atoms with Gasteiger partial charge in [0.25, 0.3) is 0 Å². The van der Waals surface area contributed by atoms with Gasteiger partial charge >= 0.3 is 0 Å². The molecule has 0 atom stereocenters. The maximum atomic E-state index is 13.8. The molecule has 0 fully saturated rings. The molecule has 2 aromatic heterocycles. The average Bonchev–Trinajstić information content (AvgIpc) is 3.28. The summed E-state index contributed by atoms with van der Waals surface area (Å²) in [7, 11) is 5.44. The summed E-state index contributed by atoms with van der Waals surface area (Å²) in [6, 6.07) is 11.5. The van der Waals surface area contributed by atoms with Crippen molar-refractivity contribution in [2.45, 2.75) is 0 Å². The molecule has 2 heterocycles. The molecule has 2 N–H and O–H groups in total. The molecule has 10 heteroatoms. The SMILES string of the molecule is C=CC(=O)Nc1cc(Nc2cc3c(-c4cccc(F)c4)cnn3cn2)c(OC)cc1OCCN(C)C. The predicted molar refractivity (Wildman–Crippen MR) is 138 cm³/mol. The third-order valence-electron chi connectivity index (χ3n) is 5.35. The van der Waals surface area contributed by atoms with Gasteiger partial charge in [-0.15, -0.1) is 0 Å². The van der Waals surface area contributed by atoms with Gasteiger partial charge in [0.15, 0.2) is 0 Å². The van der Waals surface area contributed by atoms with Crippen LogP contribution in [-0.4, -0.2) is 59.8 Å². The van der Waals surface area contributed by atoms with Gasteiger partial charge in [-0.1, -0.05) is 18.7 Å². The molecule has 2 aromatic carbocycles. The molecule has 0 radical (unpaired) electrons. The number of ether oxygens (including phenoxy) is 2. The van der Waals surface area contributed by atoms with Crippen LogP contribution in [0.5, 0.6) is 11.5 Å². The lowest BCUT2D eigenvalue weighted by molar-refractivity contribution is -0.111. The number of hydrogen-bond acceptors (Lipinski definition) is 7. The van der Waals surface area contributed by atoms with E-state index in [1.165, 1.54) is 18.2 Å². The number of anilines is 3. The van der Waals surface area contributed by atoms with Crippen molar-refractivity contribution in [1.29, 1.82) is 0 Å². The number of halogens is 1. The number of carbonyl (C=O) groups excluding carboxylic acids is 1.